The van der Waals surface area contributed by atoms with Gasteiger partial charge in [-0.05, 0) is 26.6 Å². The molecule has 0 aliphatic carbocycles. The first kappa shape index (κ1) is 9.73. The molecule has 1 saturated heterocycles. The van der Waals surface area contributed by atoms with Gasteiger partial charge in [-0.1, -0.05) is 0 Å². The van der Waals surface area contributed by atoms with E-state index in [0.717, 1.165) is 6.54 Å². The van der Waals surface area contributed by atoms with Gasteiger partial charge in [-0.25, -0.2) is 0 Å². The lowest BCUT2D eigenvalue weighted by Gasteiger charge is -2.38. The standard InChI is InChI=1S/C8H17NO2Si/c1-7(11-12(2,3)4)9-6-5-8(9)10/h7H,5-6H2,1-4H3. The largest absolute Gasteiger partial charge is 0.398 e. The van der Waals surface area contributed by atoms with E-state index in [1.165, 1.54) is 0 Å². The van der Waals surface area contributed by atoms with Crippen molar-refractivity contribution in [2.75, 3.05) is 6.54 Å². The van der Waals surface area contributed by atoms with Crippen LogP contribution in [0.15, 0.2) is 0 Å². The third kappa shape index (κ3) is 2.32. The van der Waals surface area contributed by atoms with Crippen LogP contribution >= 0.6 is 0 Å². The van der Waals surface area contributed by atoms with Gasteiger partial charge >= 0.3 is 0 Å². The molecule has 1 amide bonds. The van der Waals surface area contributed by atoms with Gasteiger partial charge in [0.2, 0.25) is 5.91 Å². The molecule has 0 saturated carbocycles. The summed E-state index contributed by atoms with van der Waals surface area (Å²) in [5.41, 5.74) is 0. The fourth-order valence-electron chi connectivity index (χ4n) is 1.29. The maximum Gasteiger partial charge on any atom is 0.226 e. The first-order chi connectivity index (χ1) is 5.40. The van der Waals surface area contributed by atoms with Crippen LogP contribution in [-0.2, 0) is 9.22 Å². The summed E-state index contributed by atoms with van der Waals surface area (Å²) in [4.78, 5) is 12.8. The number of likely N-dealkylation sites (tertiary alicyclic amines) is 1. The molecule has 0 radical (unpaired) electrons. The van der Waals surface area contributed by atoms with E-state index in [1.54, 1.807) is 4.90 Å². The number of nitrogens with zero attached hydrogens (tertiary/aromatic N) is 1. The molecule has 0 aromatic rings. The molecule has 1 fully saturated rings. The molecular formula is C8H17NO2Si. The van der Waals surface area contributed by atoms with E-state index >= 15 is 0 Å². The van der Waals surface area contributed by atoms with Crippen molar-refractivity contribution in [2.24, 2.45) is 0 Å². The number of carbonyl (C=O) groups excluding carboxylic acids is 1. The lowest BCUT2D eigenvalue weighted by Crippen LogP contribution is -2.52. The fraction of sp³-hybridized carbons (Fsp3) is 0.875. The van der Waals surface area contributed by atoms with Crippen LogP contribution < -0.4 is 0 Å². The average molecular weight is 187 g/mol. The molecule has 12 heavy (non-hydrogen) atoms. The summed E-state index contributed by atoms with van der Waals surface area (Å²) in [6, 6.07) is 0. The summed E-state index contributed by atoms with van der Waals surface area (Å²) in [5.74, 6) is 0.223. The van der Waals surface area contributed by atoms with E-state index in [0.29, 0.717) is 6.42 Å². The second-order valence-corrected chi connectivity index (χ2v) is 8.63. The fourth-order valence-corrected chi connectivity index (χ4v) is 2.44. The Bertz CT molecular complexity index is 188. The number of rotatable bonds is 3. The Balaban J connectivity index is 2.38. The van der Waals surface area contributed by atoms with Crippen molar-refractivity contribution in [1.82, 2.24) is 4.90 Å². The Labute approximate surface area is 74.8 Å². The van der Waals surface area contributed by atoms with Gasteiger partial charge in [-0.3, -0.25) is 4.79 Å². The smallest absolute Gasteiger partial charge is 0.226 e. The SMILES string of the molecule is CC(O[Si](C)(C)C)N1CCC1=O. The normalized spacial score (nSPS) is 20.7. The first-order valence-corrected chi connectivity index (χ1v) is 7.78. The molecule has 0 N–H and O–H groups in total. The van der Waals surface area contributed by atoms with Crippen molar-refractivity contribution in [3.8, 4) is 0 Å². The molecule has 1 rings (SSSR count). The van der Waals surface area contributed by atoms with Crippen LogP contribution in [0.4, 0.5) is 0 Å². The van der Waals surface area contributed by atoms with Gasteiger partial charge in [0, 0.05) is 13.0 Å². The van der Waals surface area contributed by atoms with Crippen LogP contribution in [0.1, 0.15) is 13.3 Å². The van der Waals surface area contributed by atoms with Crippen LogP contribution in [0.3, 0.4) is 0 Å². The summed E-state index contributed by atoms with van der Waals surface area (Å²) in [6.07, 6.45) is 0.678. The van der Waals surface area contributed by atoms with Gasteiger partial charge in [-0.15, -0.1) is 0 Å². The van der Waals surface area contributed by atoms with Crippen molar-refractivity contribution in [3.05, 3.63) is 0 Å². The van der Waals surface area contributed by atoms with Gasteiger partial charge in [0.1, 0.15) is 6.23 Å². The third-order valence-corrected chi connectivity index (χ3v) is 2.90. The van der Waals surface area contributed by atoms with Gasteiger partial charge in [0.05, 0.1) is 0 Å². The molecule has 3 nitrogen and oxygen atoms in total. The van der Waals surface area contributed by atoms with E-state index in [4.69, 9.17) is 4.43 Å². The van der Waals surface area contributed by atoms with E-state index in [1.807, 2.05) is 6.92 Å². The first-order valence-electron chi connectivity index (χ1n) is 4.37. The number of hydrogen-bond donors (Lipinski definition) is 0. The highest BCUT2D eigenvalue weighted by Gasteiger charge is 2.31. The molecule has 0 aromatic heterocycles. The molecule has 1 aliphatic heterocycles. The van der Waals surface area contributed by atoms with Crippen molar-refractivity contribution in [3.63, 3.8) is 0 Å². The number of hydrogen-bond acceptors (Lipinski definition) is 2. The molecule has 0 aromatic carbocycles. The van der Waals surface area contributed by atoms with Crippen LogP contribution in [-0.4, -0.2) is 31.9 Å². The summed E-state index contributed by atoms with van der Waals surface area (Å²) in [7, 11) is -1.49. The quantitative estimate of drug-likeness (QED) is 0.494. The highest BCUT2D eigenvalue weighted by molar-refractivity contribution is 6.69. The Morgan fingerprint density at radius 2 is 2.08 bits per heavy atom. The highest BCUT2D eigenvalue weighted by Crippen LogP contribution is 2.17. The third-order valence-electron chi connectivity index (χ3n) is 1.85. The Hall–Kier alpha value is -0.353. The molecular weight excluding hydrogens is 170 g/mol. The highest BCUT2D eigenvalue weighted by atomic mass is 28.4. The van der Waals surface area contributed by atoms with Gasteiger partial charge < -0.3 is 9.33 Å². The van der Waals surface area contributed by atoms with Crippen LogP contribution in [0.25, 0.3) is 0 Å². The monoisotopic (exact) mass is 187 g/mol. The van der Waals surface area contributed by atoms with Crippen molar-refractivity contribution in [2.45, 2.75) is 39.2 Å². The summed E-state index contributed by atoms with van der Waals surface area (Å²) >= 11 is 0. The Kier molecular flexibility index (Phi) is 2.58. The molecule has 0 bridgehead atoms. The zero-order valence-electron chi connectivity index (χ0n) is 8.26. The van der Waals surface area contributed by atoms with E-state index in [2.05, 4.69) is 19.6 Å². The minimum atomic E-state index is -1.49. The van der Waals surface area contributed by atoms with Crippen molar-refractivity contribution in [1.29, 1.82) is 0 Å². The van der Waals surface area contributed by atoms with Crippen LogP contribution in [0.5, 0.6) is 0 Å². The predicted octanol–water partition coefficient (Wildman–Crippen LogP) is 1.42. The van der Waals surface area contributed by atoms with Gasteiger partial charge in [0.25, 0.3) is 0 Å². The zero-order valence-corrected chi connectivity index (χ0v) is 9.26. The minimum absolute atomic E-state index is 0.0158. The lowest BCUT2D eigenvalue weighted by atomic mass is 10.2. The zero-order chi connectivity index (χ0) is 9.35. The average Bonchev–Trinajstić information content (AvgIpc) is 1.79. The summed E-state index contributed by atoms with van der Waals surface area (Å²) in [6.45, 7) is 9.22. The molecule has 1 heterocycles. The number of carbonyl (C=O) groups is 1. The Morgan fingerprint density at radius 1 is 1.50 bits per heavy atom. The lowest BCUT2D eigenvalue weighted by molar-refractivity contribution is -0.150. The maximum absolute atomic E-state index is 11.0. The van der Waals surface area contributed by atoms with E-state index in [9.17, 15) is 4.79 Å². The van der Waals surface area contributed by atoms with Crippen LogP contribution in [0, 0.1) is 0 Å². The summed E-state index contributed by atoms with van der Waals surface area (Å²) in [5, 5.41) is 0. The summed E-state index contributed by atoms with van der Waals surface area (Å²) < 4.78 is 5.76. The van der Waals surface area contributed by atoms with E-state index < -0.39 is 8.32 Å². The second-order valence-electron chi connectivity index (χ2n) is 4.17. The van der Waals surface area contributed by atoms with Crippen LogP contribution in [0.2, 0.25) is 19.6 Å². The van der Waals surface area contributed by atoms with Gasteiger partial charge in [-0.2, -0.15) is 0 Å². The number of β-lactam (4-membered cyclic amide) rings is 1. The second kappa shape index (κ2) is 3.18. The maximum atomic E-state index is 11.0. The molecule has 1 unspecified atom stereocenters. The molecule has 1 aliphatic rings. The van der Waals surface area contributed by atoms with Gasteiger partial charge in [0.15, 0.2) is 8.32 Å². The Morgan fingerprint density at radius 3 is 2.33 bits per heavy atom. The van der Waals surface area contributed by atoms with Crippen molar-refractivity contribution >= 4 is 14.2 Å². The molecule has 70 valence electrons. The molecule has 0 spiro atoms. The molecule has 1 atom stereocenters. The van der Waals surface area contributed by atoms with Crippen molar-refractivity contribution < 1.29 is 9.22 Å². The molecule has 4 heteroatoms. The number of amides is 1. The van der Waals surface area contributed by atoms with E-state index in [-0.39, 0.29) is 12.1 Å². The minimum Gasteiger partial charge on any atom is -0.398 e. The predicted molar refractivity (Wildman–Crippen MR) is 50.2 cm³/mol. The topological polar surface area (TPSA) is 29.5 Å².